The molecule has 1 rings (SSSR count). The van der Waals surface area contributed by atoms with Crippen molar-refractivity contribution in [2.24, 2.45) is 4.36 Å². The van der Waals surface area contributed by atoms with Crippen LogP contribution in [0.3, 0.4) is 0 Å². The first-order valence-corrected chi connectivity index (χ1v) is 8.44. The standard InChI is InChI=1S/C13H18BrClN2OS/c1-7(2)19(8(3)4)17-13(18)10-5-9(15)6-11(14)12(10)16/h5-8H,16H2,1-4H3. The monoisotopic (exact) mass is 364 g/mol. The number of nitrogens with two attached hydrogens (primary N) is 1. The maximum absolute atomic E-state index is 12.3. The average molecular weight is 366 g/mol. The Morgan fingerprint density at radius 1 is 1.32 bits per heavy atom. The second-order valence-corrected chi connectivity index (χ2v) is 8.74. The largest absolute Gasteiger partial charge is 0.397 e. The van der Waals surface area contributed by atoms with Crippen LogP contribution in [0.2, 0.25) is 5.02 Å². The van der Waals surface area contributed by atoms with E-state index >= 15 is 0 Å². The molecule has 0 aliphatic rings. The zero-order chi connectivity index (χ0) is 14.7. The molecule has 1 aromatic carbocycles. The molecule has 0 spiro atoms. The zero-order valence-corrected chi connectivity index (χ0v) is 14.6. The van der Waals surface area contributed by atoms with Crippen LogP contribution in [0, 0.1) is 0 Å². The highest BCUT2D eigenvalue weighted by atomic mass is 79.9. The molecule has 0 bridgehead atoms. The summed E-state index contributed by atoms with van der Waals surface area (Å²) in [6.07, 6.45) is 0. The molecule has 0 saturated carbocycles. The van der Waals surface area contributed by atoms with Crippen LogP contribution in [0.5, 0.6) is 0 Å². The first kappa shape index (κ1) is 16.7. The van der Waals surface area contributed by atoms with Crippen molar-refractivity contribution in [2.45, 2.75) is 38.2 Å². The van der Waals surface area contributed by atoms with E-state index < -0.39 is 0 Å². The maximum atomic E-state index is 12.3. The van der Waals surface area contributed by atoms with Crippen LogP contribution in [0.15, 0.2) is 21.0 Å². The van der Waals surface area contributed by atoms with Crippen molar-refractivity contribution in [3.63, 3.8) is 0 Å². The van der Waals surface area contributed by atoms with Gasteiger partial charge in [0.2, 0.25) is 0 Å². The fourth-order valence-corrected chi connectivity index (χ4v) is 4.27. The predicted molar refractivity (Wildman–Crippen MR) is 88.0 cm³/mol. The molecule has 0 atom stereocenters. The number of anilines is 1. The molecule has 19 heavy (non-hydrogen) atoms. The first-order valence-electron chi connectivity index (χ1n) is 5.96. The maximum Gasteiger partial charge on any atom is 0.285 e. The number of nitrogens with zero attached hydrogens (tertiary/aromatic N) is 1. The normalized spacial score (nSPS) is 11.4. The third-order valence-corrected chi connectivity index (χ3v) is 5.66. The second-order valence-electron chi connectivity index (χ2n) is 4.69. The van der Waals surface area contributed by atoms with Gasteiger partial charge >= 0.3 is 0 Å². The number of amides is 1. The molecule has 0 aliphatic heterocycles. The van der Waals surface area contributed by atoms with Crippen molar-refractivity contribution < 1.29 is 4.79 Å². The van der Waals surface area contributed by atoms with Gasteiger partial charge in [0.05, 0.1) is 11.3 Å². The Balaban J connectivity index is 3.24. The third-order valence-electron chi connectivity index (χ3n) is 2.48. The van der Waals surface area contributed by atoms with Crippen LogP contribution in [-0.4, -0.2) is 16.4 Å². The Labute approximate surface area is 130 Å². The van der Waals surface area contributed by atoms with Gasteiger partial charge in [-0.15, -0.1) is 0 Å². The number of hydrogen-bond donors (Lipinski definition) is 1. The highest BCUT2D eigenvalue weighted by Crippen LogP contribution is 2.28. The van der Waals surface area contributed by atoms with E-state index in [2.05, 4.69) is 48.0 Å². The van der Waals surface area contributed by atoms with E-state index in [0.717, 1.165) is 0 Å². The molecule has 0 aromatic heterocycles. The lowest BCUT2D eigenvalue weighted by Gasteiger charge is -2.15. The number of nitrogen functional groups attached to an aromatic ring is 1. The van der Waals surface area contributed by atoms with Gasteiger partial charge in [-0.1, -0.05) is 50.0 Å². The van der Waals surface area contributed by atoms with Gasteiger partial charge in [-0.3, -0.25) is 4.79 Å². The molecule has 6 heteroatoms. The topological polar surface area (TPSA) is 55.5 Å². The lowest BCUT2D eigenvalue weighted by molar-refractivity contribution is 0.101. The van der Waals surface area contributed by atoms with Crippen molar-refractivity contribution in [1.29, 1.82) is 0 Å². The quantitative estimate of drug-likeness (QED) is 0.805. The summed E-state index contributed by atoms with van der Waals surface area (Å²) in [5.74, 6) is -0.300. The Hall–Kier alpha value is -0.390. The second kappa shape index (κ2) is 6.86. The van der Waals surface area contributed by atoms with E-state index in [9.17, 15) is 4.79 Å². The van der Waals surface area contributed by atoms with Crippen molar-refractivity contribution in [3.8, 4) is 0 Å². The van der Waals surface area contributed by atoms with Crippen LogP contribution in [0.25, 0.3) is 0 Å². The Morgan fingerprint density at radius 3 is 2.32 bits per heavy atom. The Bertz CT molecular complexity index is 520. The molecule has 0 saturated heterocycles. The number of hydrogen-bond acceptors (Lipinski definition) is 2. The van der Waals surface area contributed by atoms with E-state index in [4.69, 9.17) is 17.3 Å². The molecule has 2 N–H and O–H groups in total. The molecule has 0 unspecified atom stereocenters. The van der Waals surface area contributed by atoms with E-state index in [0.29, 0.717) is 31.2 Å². The number of carbonyl (C=O) groups excluding carboxylic acids is 1. The van der Waals surface area contributed by atoms with E-state index in [-0.39, 0.29) is 16.6 Å². The van der Waals surface area contributed by atoms with Gasteiger partial charge in [-0.2, -0.15) is 4.36 Å². The Kier molecular flexibility index (Phi) is 6.02. The molecule has 106 valence electrons. The van der Waals surface area contributed by atoms with Gasteiger partial charge in [0.1, 0.15) is 0 Å². The summed E-state index contributed by atoms with van der Waals surface area (Å²) in [6, 6.07) is 3.23. The van der Waals surface area contributed by atoms with Crippen molar-refractivity contribution >= 4 is 49.8 Å². The van der Waals surface area contributed by atoms with E-state index in [1.54, 1.807) is 12.1 Å². The lowest BCUT2D eigenvalue weighted by atomic mass is 10.2. The molecule has 0 radical (unpaired) electrons. The van der Waals surface area contributed by atoms with Crippen molar-refractivity contribution in [1.82, 2.24) is 0 Å². The van der Waals surface area contributed by atoms with Gasteiger partial charge in [-0.05, 0) is 28.1 Å². The molecule has 0 heterocycles. The van der Waals surface area contributed by atoms with Crippen molar-refractivity contribution in [3.05, 3.63) is 27.2 Å². The molecule has 0 aliphatic carbocycles. The molecular formula is C13H18BrClN2OS. The molecule has 0 fully saturated rings. The average Bonchev–Trinajstić information content (AvgIpc) is 2.29. The van der Waals surface area contributed by atoms with Gasteiger partial charge in [0, 0.05) is 20.0 Å². The molecular weight excluding hydrogens is 348 g/mol. The van der Waals surface area contributed by atoms with Gasteiger partial charge < -0.3 is 5.73 Å². The summed E-state index contributed by atoms with van der Waals surface area (Å²) < 4.78 is 4.94. The first-order chi connectivity index (χ1) is 8.73. The summed E-state index contributed by atoms with van der Waals surface area (Å²) in [4.78, 5) is 12.3. The smallest absolute Gasteiger partial charge is 0.285 e. The highest BCUT2D eigenvalue weighted by Gasteiger charge is 2.16. The highest BCUT2D eigenvalue weighted by molar-refractivity contribution is 9.10. The summed E-state index contributed by atoms with van der Waals surface area (Å²) in [5, 5.41) is 1.12. The van der Waals surface area contributed by atoms with Gasteiger partial charge in [-0.25, -0.2) is 0 Å². The summed E-state index contributed by atoms with van der Waals surface area (Å²) in [5.41, 5.74) is 6.64. The molecule has 3 nitrogen and oxygen atoms in total. The van der Waals surface area contributed by atoms with E-state index in [1.165, 1.54) is 0 Å². The van der Waals surface area contributed by atoms with E-state index in [1.807, 2.05) is 0 Å². The number of benzene rings is 1. The summed E-state index contributed by atoms with van der Waals surface area (Å²) in [6.45, 7) is 8.27. The van der Waals surface area contributed by atoms with Crippen molar-refractivity contribution in [2.75, 3.05) is 5.73 Å². The van der Waals surface area contributed by atoms with Crippen LogP contribution < -0.4 is 5.73 Å². The number of halogens is 2. The minimum atomic E-state index is -0.318. The SMILES string of the molecule is CC(C)S(=NC(=O)c1cc(Cl)cc(Br)c1N)C(C)C. The van der Waals surface area contributed by atoms with Gasteiger partial charge in [0.15, 0.2) is 0 Å². The summed E-state index contributed by atoms with van der Waals surface area (Å²) >= 11 is 9.24. The number of carbonyl (C=O) groups is 1. The van der Waals surface area contributed by atoms with Gasteiger partial charge in [0.25, 0.3) is 5.91 Å². The van der Waals surface area contributed by atoms with Crippen LogP contribution in [-0.2, 0) is 10.7 Å². The predicted octanol–water partition coefficient (Wildman–Crippen LogP) is 4.44. The minimum Gasteiger partial charge on any atom is -0.397 e. The summed E-state index contributed by atoms with van der Waals surface area (Å²) in [7, 11) is -0.318. The lowest BCUT2D eigenvalue weighted by Crippen LogP contribution is -2.17. The van der Waals surface area contributed by atoms with Crippen LogP contribution in [0.4, 0.5) is 5.69 Å². The Morgan fingerprint density at radius 2 is 1.84 bits per heavy atom. The zero-order valence-electron chi connectivity index (χ0n) is 11.4. The number of rotatable bonds is 3. The molecule has 1 amide bonds. The fraction of sp³-hybridized carbons (Fsp3) is 0.462. The fourth-order valence-electron chi connectivity index (χ4n) is 1.66. The van der Waals surface area contributed by atoms with Crippen LogP contribution in [0.1, 0.15) is 38.1 Å². The van der Waals surface area contributed by atoms with Crippen LogP contribution >= 0.6 is 27.5 Å². The third kappa shape index (κ3) is 4.29. The minimum absolute atomic E-state index is 0.300. The molecule has 1 aromatic rings.